The fourth-order valence-electron chi connectivity index (χ4n) is 4.44. The zero-order valence-electron chi connectivity index (χ0n) is 18.2. The number of hydrogen-bond donors (Lipinski definition) is 3. The molecule has 1 atom stereocenters. The number of aryl methyl sites for hydroxylation is 2. The number of aromatic hydroxyl groups is 1. The molecule has 1 amide bonds. The molecule has 0 radical (unpaired) electrons. The summed E-state index contributed by atoms with van der Waals surface area (Å²) in [5.74, 6) is -1.63. The number of aromatic nitrogens is 1. The van der Waals surface area contributed by atoms with Crippen molar-refractivity contribution in [3.63, 3.8) is 0 Å². The zero-order valence-corrected chi connectivity index (χ0v) is 18.2. The van der Waals surface area contributed by atoms with Gasteiger partial charge in [-0.1, -0.05) is 42.5 Å². The van der Waals surface area contributed by atoms with Gasteiger partial charge in [0.05, 0.1) is 11.6 Å². The first-order chi connectivity index (χ1) is 15.9. The number of amides is 1. The molecule has 164 valence electrons. The molecule has 1 fully saturated rings. The fraction of sp³-hybridized carbons (Fsp3) is 0.111. The van der Waals surface area contributed by atoms with Crippen molar-refractivity contribution in [2.75, 3.05) is 4.90 Å². The highest BCUT2D eigenvalue weighted by Gasteiger charge is 2.47. The van der Waals surface area contributed by atoms with Crippen LogP contribution in [0.4, 0.5) is 5.69 Å². The highest BCUT2D eigenvalue weighted by Crippen LogP contribution is 2.44. The van der Waals surface area contributed by atoms with Crippen LogP contribution in [0.1, 0.15) is 28.3 Å². The molecule has 33 heavy (non-hydrogen) atoms. The third kappa shape index (κ3) is 3.27. The number of nitrogens with zero attached hydrogens (tertiary/aromatic N) is 1. The van der Waals surface area contributed by atoms with E-state index in [1.165, 1.54) is 17.0 Å². The van der Waals surface area contributed by atoms with Crippen molar-refractivity contribution in [1.82, 2.24) is 4.98 Å². The van der Waals surface area contributed by atoms with Crippen LogP contribution in [0.2, 0.25) is 0 Å². The number of rotatable bonds is 3. The number of hydrogen-bond acceptors (Lipinski definition) is 4. The highest BCUT2D eigenvalue weighted by molar-refractivity contribution is 6.52. The average Bonchev–Trinajstić information content (AvgIpc) is 3.35. The molecule has 1 saturated heterocycles. The number of anilines is 1. The second kappa shape index (κ2) is 7.67. The number of H-pyrrole nitrogens is 1. The second-order valence-corrected chi connectivity index (χ2v) is 8.30. The Morgan fingerprint density at radius 2 is 1.70 bits per heavy atom. The number of para-hydroxylation sites is 1. The summed E-state index contributed by atoms with van der Waals surface area (Å²) in [5, 5.41) is 21.9. The molecule has 0 spiro atoms. The number of aromatic amines is 1. The molecule has 1 aliphatic heterocycles. The summed E-state index contributed by atoms with van der Waals surface area (Å²) < 4.78 is 0. The summed E-state index contributed by atoms with van der Waals surface area (Å²) in [5.41, 5.74) is 4.26. The molecule has 3 N–H and O–H groups in total. The molecular formula is C27H22N2O4. The summed E-state index contributed by atoms with van der Waals surface area (Å²) in [6, 6.07) is 18.6. The van der Waals surface area contributed by atoms with Crippen LogP contribution in [0.25, 0.3) is 16.7 Å². The van der Waals surface area contributed by atoms with Crippen LogP contribution in [0.5, 0.6) is 5.75 Å². The molecule has 1 aliphatic rings. The van der Waals surface area contributed by atoms with E-state index in [4.69, 9.17) is 0 Å². The lowest BCUT2D eigenvalue weighted by atomic mass is 9.94. The normalized spacial score (nSPS) is 17.8. The maximum atomic E-state index is 13.3. The highest BCUT2D eigenvalue weighted by atomic mass is 16.3. The summed E-state index contributed by atoms with van der Waals surface area (Å²) in [6.45, 7) is 3.79. The largest absolute Gasteiger partial charge is 0.508 e. The minimum Gasteiger partial charge on any atom is -0.508 e. The smallest absolute Gasteiger partial charge is 0.300 e. The Balaban J connectivity index is 1.78. The SMILES string of the molecule is Cc1ccc(C)c(N2C(=O)C(=O)/C(=C(\O)c3c[nH]c4ccccc34)C2c2ccc(O)cc2)c1. The second-order valence-electron chi connectivity index (χ2n) is 8.30. The topological polar surface area (TPSA) is 93.6 Å². The Bertz CT molecular complexity index is 1450. The fourth-order valence-corrected chi connectivity index (χ4v) is 4.44. The van der Waals surface area contributed by atoms with Crippen molar-refractivity contribution in [2.24, 2.45) is 0 Å². The molecule has 3 aromatic carbocycles. The average molecular weight is 438 g/mol. The molecule has 6 heteroatoms. The van der Waals surface area contributed by atoms with Crippen LogP contribution in [0, 0.1) is 13.8 Å². The van der Waals surface area contributed by atoms with Gasteiger partial charge in [0.25, 0.3) is 11.7 Å². The van der Waals surface area contributed by atoms with Gasteiger partial charge in [-0.25, -0.2) is 0 Å². The number of nitrogens with one attached hydrogen (secondary N) is 1. The third-order valence-corrected chi connectivity index (χ3v) is 6.12. The van der Waals surface area contributed by atoms with Crippen LogP contribution in [0.15, 0.2) is 78.5 Å². The van der Waals surface area contributed by atoms with Gasteiger partial charge in [0.2, 0.25) is 0 Å². The van der Waals surface area contributed by atoms with Crippen molar-refractivity contribution >= 4 is 34.0 Å². The van der Waals surface area contributed by atoms with Gasteiger partial charge in [-0.05, 0) is 54.8 Å². The first-order valence-corrected chi connectivity index (χ1v) is 10.6. The van der Waals surface area contributed by atoms with Gasteiger partial charge in [0, 0.05) is 28.4 Å². The lowest BCUT2D eigenvalue weighted by Crippen LogP contribution is -2.30. The number of phenolic OH excluding ortho intramolecular Hbond substituents is 1. The number of aliphatic hydroxyl groups excluding tert-OH is 1. The van der Waals surface area contributed by atoms with E-state index in [2.05, 4.69) is 4.98 Å². The standard InChI is InChI=1S/C27H22N2O4/c1-15-7-8-16(2)22(13-15)29-24(17-9-11-18(30)12-10-17)23(26(32)27(29)33)25(31)20-14-28-21-6-4-3-5-19(20)21/h3-14,24,28,30-31H,1-2H3/b25-23-. The maximum Gasteiger partial charge on any atom is 0.300 e. The minimum absolute atomic E-state index is 0.0105. The predicted octanol–water partition coefficient (Wildman–Crippen LogP) is 5.12. The van der Waals surface area contributed by atoms with E-state index in [0.29, 0.717) is 16.8 Å². The predicted molar refractivity (Wildman–Crippen MR) is 127 cm³/mol. The molecule has 6 nitrogen and oxygen atoms in total. The van der Waals surface area contributed by atoms with E-state index in [0.717, 1.165) is 22.0 Å². The third-order valence-electron chi connectivity index (χ3n) is 6.12. The van der Waals surface area contributed by atoms with Crippen LogP contribution in [-0.4, -0.2) is 26.9 Å². The number of Topliss-reactive ketones (excluding diaryl/α,β-unsaturated/α-hetero) is 1. The van der Waals surface area contributed by atoms with Gasteiger partial charge in [0.1, 0.15) is 11.5 Å². The lowest BCUT2D eigenvalue weighted by molar-refractivity contribution is -0.132. The van der Waals surface area contributed by atoms with Gasteiger partial charge in [-0.2, -0.15) is 0 Å². The van der Waals surface area contributed by atoms with Gasteiger partial charge in [-0.3, -0.25) is 14.5 Å². The van der Waals surface area contributed by atoms with Crippen molar-refractivity contribution in [1.29, 1.82) is 0 Å². The van der Waals surface area contributed by atoms with Crippen molar-refractivity contribution in [3.8, 4) is 5.75 Å². The molecule has 0 bridgehead atoms. The minimum atomic E-state index is -0.847. The number of ketones is 1. The molecular weight excluding hydrogens is 416 g/mol. The van der Waals surface area contributed by atoms with Crippen molar-refractivity contribution in [2.45, 2.75) is 19.9 Å². The van der Waals surface area contributed by atoms with Crippen molar-refractivity contribution < 1.29 is 19.8 Å². The molecule has 0 saturated carbocycles. The van der Waals surface area contributed by atoms with E-state index < -0.39 is 17.7 Å². The van der Waals surface area contributed by atoms with Crippen LogP contribution < -0.4 is 4.90 Å². The Hall–Kier alpha value is -4.32. The van der Waals surface area contributed by atoms with E-state index in [9.17, 15) is 19.8 Å². The van der Waals surface area contributed by atoms with E-state index >= 15 is 0 Å². The van der Waals surface area contributed by atoms with Crippen LogP contribution in [-0.2, 0) is 9.59 Å². The molecule has 1 unspecified atom stereocenters. The summed E-state index contributed by atoms with van der Waals surface area (Å²) in [4.78, 5) is 31.2. The van der Waals surface area contributed by atoms with Gasteiger partial charge in [-0.15, -0.1) is 0 Å². The molecule has 2 heterocycles. The first-order valence-electron chi connectivity index (χ1n) is 10.6. The number of carbonyl (C=O) groups is 2. The summed E-state index contributed by atoms with van der Waals surface area (Å²) >= 11 is 0. The summed E-state index contributed by atoms with van der Waals surface area (Å²) in [7, 11) is 0. The number of aliphatic hydroxyl groups is 1. The van der Waals surface area contributed by atoms with E-state index in [1.54, 1.807) is 18.3 Å². The number of phenols is 1. The van der Waals surface area contributed by atoms with E-state index in [-0.39, 0.29) is 17.1 Å². The first kappa shape index (κ1) is 20.6. The monoisotopic (exact) mass is 438 g/mol. The quantitative estimate of drug-likeness (QED) is 0.235. The van der Waals surface area contributed by atoms with Gasteiger partial charge in [0.15, 0.2) is 0 Å². The zero-order chi connectivity index (χ0) is 23.3. The molecule has 1 aromatic heterocycles. The Kier molecular flexibility index (Phi) is 4.78. The Morgan fingerprint density at radius 1 is 0.970 bits per heavy atom. The van der Waals surface area contributed by atoms with E-state index in [1.807, 2.05) is 56.3 Å². The van der Waals surface area contributed by atoms with Gasteiger partial charge < -0.3 is 15.2 Å². The number of fused-ring (bicyclic) bond motifs is 1. The number of carbonyl (C=O) groups excluding carboxylic acids is 2. The van der Waals surface area contributed by atoms with Crippen molar-refractivity contribution in [3.05, 3.63) is 101 Å². The number of benzene rings is 3. The van der Waals surface area contributed by atoms with Crippen LogP contribution >= 0.6 is 0 Å². The van der Waals surface area contributed by atoms with Gasteiger partial charge >= 0.3 is 0 Å². The molecule has 5 rings (SSSR count). The Morgan fingerprint density at radius 3 is 2.45 bits per heavy atom. The maximum absolute atomic E-state index is 13.3. The Labute approximate surface area is 190 Å². The molecule has 4 aromatic rings. The van der Waals surface area contributed by atoms with Crippen LogP contribution in [0.3, 0.4) is 0 Å². The molecule has 0 aliphatic carbocycles. The summed E-state index contributed by atoms with van der Waals surface area (Å²) in [6.07, 6.45) is 1.64. The lowest BCUT2D eigenvalue weighted by Gasteiger charge is -2.27.